The fourth-order valence-corrected chi connectivity index (χ4v) is 2.58. The Balaban J connectivity index is 1.83. The van der Waals surface area contributed by atoms with Gasteiger partial charge in [0, 0.05) is 17.1 Å². The fraction of sp³-hybridized carbons (Fsp3) is 0.462. The molecule has 0 radical (unpaired) electrons. The molecule has 1 aromatic carbocycles. The second-order valence-electron chi connectivity index (χ2n) is 4.57. The van der Waals surface area contributed by atoms with Crippen molar-refractivity contribution >= 4 is 21.9 Å². The predicted octanol–water partition coefficient (Wildman–Crippen LogP) is 2.40. The van der Waals surface area contributed by atoms with Gasteiger partial charge in [-0.05, 0) is 31.5 Å². The number of aliphatic carboxylic acids is 1. The topological polar surface area (TPSA) is 40.5 Å². The molecule has 2 unspecified atom stereocenters. The molecule has 0 aliphatic heterocycles. The maximum atomic E-state index is 10.8. The summed E-state index contributed by atoms with van der Waals surface area (Å²) in [5, 5.41) is 8.87. The number of carboxylic acid groups (broad SMARTS) is 1. The van der Waals surface area contributed by atoms with E-state index in [9.17, 15) is 4.79 Å². The fourth-order valence-electron chi connectivity index (χ4n) is 2.10. The maximum Gasteiger partial charge on any atom is 0.308 e. The summed E-state index contributed by atoms with van der Waals surface area (Å²) in [6.45, 7) is 0.900. The van der Waals surface area contributed by atoms with Crippen molar-refractivity contribution in [3.8, 4) is 0 Å². The van der Waals surface area contributed by atoms with Gasteiger partial charge in [0.25, 0.3) is 0 Å². The lowest BCUT2D eigenvalue weighted by atomic mass is 10.1. The molecule has 1 aliphatic carbocycles. The number of halogens is 1. The van der Waals surface area contributed by atoms with Crippen molar-refractivity contribution in [2.75, 3.05) is 13.6 Å². The Morgan fingerprint density at radius 1 is 1.53 bits per heavy atom. The van der Waals surface area contributed by atoms with Crippen molar-refractivity contribution in [3.63, 3.8) is 0 Å². The van der Waals surface area contributed by atoms with Gasteiger partial charge in [-0.2, -0.15) is 0 Å². The van der Waals surface area contributed by atoms with Crippen molar-refractivity contribution in [2.45, 2.75) is 18.9 Å². The average Bonchev–Trinajstić information content (AvgIpc) is 3.07. The number of rotatable bonds is 5. The normalized spacial score (nSPS) is 22.8. The second-order valence-corrected chi connectivity index (χ2v) is 5.42. The van der Waals surface area contributed by atoms with Crippen LogP contribution in [0, 0.1) is 5.92 Å². The van der Waals surface area contributed by atoms with Gasteiger partial charge in [0.1, 0.15) is 0 Å². The Morgan fingerprint density at radius 2 is 2.24 bits per heavy atom. The van der Waals surface area contributed by atoms with Crippen LogP contribution in [-0.2, 0) is 11.2 Å². The highest BCUT2D eigenvalue weighted by Gasteiger charge is 2.45. The zero-order valence-electron chi connectivity index (χ0n) is 9.77. The lowest BCUT2D eigenvalue weighted by Crippen LogP contribution is -2.26. The third-order valence-electron chi connectivity index (χ3n) is 3.33. The van der Waals surface area contributed by atoms with Gasteiger partial charge in [0.05, 0.1) is 5.92 Å². The minimum absolute atomic E-state index is 0.154. The number of likely N-dealkylation sites (N-methyl/N-ethyl adjacent to an activating group) is 1. The molecule has 17 heavy (non-hydrogen) atoms. The molecule has 1 N–H and O–H groups in total. The molecule has 2 rings (SSSR count). The number of hydrogen-bond donors (Lipinski definition) is 1. The molecule has 0 amide bonds. The number of carboxylic acids is 1. The zero-order valence-corrected chi connectivity index (χ0v) is 11.4. The Bertz CT molecular complexity index is 422. The molecule has 2 atom stereocenters. The summed E-state index contributed by atoms with van der Waals surface area (Å²) in [5.41, 5.74) is 1.27. The molecule has 1 aliphatic rings. The summed E-state index contributed by atoms with van der Waals surface area (Å²) < 4.78 is 1.12. The van der Waals surface area contributed by atoms with Gasteiger partial charge < -0.3 is 10.0 Å². The van der Waals surface area contributed by atoms with Gasteiger partial charge in [-0.3, -0.25) is 4.79 Å². The second kappa shape index (κ2) is 5.19. The molecule has 4 heteroatoms. The Labute approximate surface area is 110 Å². The van der Waals surface area contributed by atoms with Crippen molar-refractivity contribution in [2.24, 2.45) is 5.92 Å². The van der Waals surface area contributed by atoms with Gasteiger partial charge in [0.2, 0.25) is 0 Å². The first kappa shape index (κ1) is 12.6. The van der Waals surface area contributed by atoms with Crippen LogP contribution in [-0.4, -0.2) is 35.6 Å². The van der Waals surface area contributed by atoms with Crippen LogP contribution in [0.1, 0.15) is 12.0 Å². The Morgan fingerprint density at radius 3 is 2.82 bits per heavy atom. The summed E-state index contributed by atoms with van der Waals surface area (Å²) in [6, 6.07) is 8.39. The molecule has 0 heterocycles. The van der Waals surface area contributed by atoms with E-state index in [1.54, 1.807) is 0 Å². The molecular formula is C13H16BrNO2. The van der Waals surface area contributed by atoms with E-state index in [0.717, 1.165) is 23.9 Å². The summed E-state index contributed by atoms with van der Waals surface area (Å²) >= 11 is 3.52. The average molecular weight is 298 g/mol. The highest BCUT2D eigenvalue weighted by atomic mass is 79.9. The quantitative estimate of drug-likeness (QED) is 0.907. The van der Waals surface area contributed by atoms with Gasteiger partial charge in [0.15, 0.2) is 0 Å². The van der Waals surface area contributed by atoms with Crippen molar-refractivity contribution in [3.05, 3.63) is 34.3 Å². The third-order valence-corrected chi connectivity index (χ3v) is 4.11. The number of nitrogens with zero attached hydrogens (tertiary/aromatic N) is 1. The third kappa shape index (κ3) is 3.07. The van der Waals surface area contributed by atoms with Crippen LogP contribution in [0.25, 0.3) is 0 Å². The smallest absolute Gasteiger partial charge is 0.308 e. The van der Waals surface area contributed by atoms with Crippen LogP contribution < -0.4 is 0 Å². The van der Waals surface area contributed by atoms with Crippen LogP contribution in [0.2, 0.25) is 0 Å². The van der Waals surface area contributed by atoms with Crippen LogP contribution in [0.4, 0.5) is 0 Å². The molecule has 0 aromatic heterocycles. The van der Waals surface area contributed by atoms with E-state index in [0.29, 0.717) is 0 Å². The molecular weight excluding hydrogens is 282 g/mol. The zero-order chi connectivity index (χ0) is 12.4. The largest absolute Gasteiger partial charge is 0.481 e. The van der Waals surface area contributed by atoms with E-state index in [-0.39, 0.29) is 12.0 Å². The van der Waals surface area contributed by atoms with E-state index in [1.165, 1.54) is 5.56 Å². The summed E-state index contributed by atoms with van der Waals surface area (Å²) in [6.07, 6.45) is 1.74. The van der Waals surface area contributed by atoms with E-state index >= 15 is 0 Å². The summed E-state index contributed by atoms with van der Waals surface area (Å²) in [5.74, 6) is -0.818. The van der Waals surface area contributed by atoms with E-state index in [4.69, 9.17) is 5.11 Å². The Kier molecular flexibility index (Phi) is 3.84. The van der Waals surface area contributed by atoms with Gasteiger partial charge in [-0.25, -0.2) is 0 Å². The lowest BCUT2D eigenvalue weighted by Gasteiger charge is -2.16. The predicted molar refractivity (Wildman–Crippen MR) is 70.0 cm³/mol. The monoisotopic (exact) mass is 297 g/mol. The lowest BCUT2D eigenvalue weighted by molar-refractivity contribution is -0.138. The first-order valence-corrected chi connectivity index (χ1v) is 6.55. The minimum Gasteiger partial charge on any atom is -0.481 e. The van der Waals surface area contributed by atoms with E-state index in [2.05, 4.69) is 26.9 Å². The number of carbonyl (C=O) groups is 1. The maximum absolute atomic E-state index is 10.8. The van der Waals surface area contributed by atoms with Crippen LogP contribution >= 0.6 is 15.9 Å². The van der Waals surface area contributed by atoms with Crippen LogP contribution in [0.3, 0.4) is 0 Å². The molecule has 0 bridgehead atoms. The molecule has 1 fully saturated rings. The first-order valence-electron chi connectivity index (χ1n) is 5.76. The molecule has 1 saturated carbocycles. The summed E-state index contributed by atoms with van der Waals surface area (Å²) in [7, 11) is 2.00. The van der Waals surface area contributed by atoms with Gasteiger partial charge >= 0.3 is 5.97 Å². The summed E-state index contributed by atoms with van der Waals surface area (Å²) in [4.78, 5) is 12.9. The van der Waals surface area contributed by atoms with Crippen molar-refractivity contribution in [1.29, 1.82) is 0 Å². The van der Waals surface area contributed by atoms with Crippen LogP contribution in [0.15, 0.2) is 28.7 Å². The SMILES string of the molecule is CN(CCc1ccccc1Br)C1CC1C(=O)O. The highest BCUT2D eigenvalue weighted by molar-refractivity contribution is 9.10. The highest BCUT2D eigenvalue weighted by Crippen LogP contribution is 2.35. The van der Waals surface area contributed by atoms with Gasteiger partial charge in [-0.15, -0.1) is 0 Å². The van der Waals surface area contributed by atoms with Gasteiger partial charge in [-0.1, -0.05) is 34.1 Å². The van der Waals surface area contributed by atoms with E-state index in [1.807, 2.05) is 25.2 Å². The molecule has 3 nitrogen and oxygen atoms in total. The first-order chi connectivity index (χ1) is 8.09. The molecule has 0 saturated heterocycles. The molecule has 92 valence electrons. The minimum atomic E-state index is -0.664. The standard InChI is InChI=1S/C13H16BrNO2/c1-15(12-8-10(12)13(16)17)7-6-9-4-2-3-5-11(9)14/h2-5,10,12H,6-8H2,1H3,(H,16,17). The van der Waals surface area contributed by atoms with E-state index < -0.39 is 5.97 Å². The number of benzene rings is 1. The number of hydrogen-bond acceptors (Lipinski definition) is 2. The molecule has 0 spiro atoms. The Hall–Kier alpha value is -0.870. The van der Waals surface area contributed by atoms with Crippen molar-refractivity contribution in [1.82, 2.24) is 4.90 Å². The van der Waals surface area contributed by atoms with Crippen LogP contribution in [0.5, 0.6) is 0 Å². The molecule has 1 aromatic rings. The van der Waals surface area contributed by atoms with Crippen molar-refractivity contribution < 1.29 is 9.90 Å².